The third-order valence-corrected chi connectivity index (χ3v) is 7.35. The molecule has 1 aromatic rings. The molecule has 2 aliphatic rings. The number of ether oxygens (including phenoxy) is 2. The summed E-state index contributed by atoms with van der Waals surface area (Å²) in [7, 11) is -10.5. The molecular formula is C17H32N4O19P2. The Balaban J connectivity index is 0.000000428. The van der Waals surface area contributed by atoms with Gasteiger partial charge in [0, 0.05) is 12.3 Å². The maximum absolute atomic E-state index is 11.7. The minimum absolute atomic E-state index is 0.278. The molecule has 10 atom stereocenters. The van der Waals surface area contributed by atoms with E-state index in [9.17, 15) is 43.9 Å². The number of aliphatic hydroxyl groups is 6. The number of aliphatic carboxylic acids is 1. The van der Waals surface area contributed by atoms with Gasteiger partial charge in [-0.3, -0.25) is 23.7 Å². The molecule has 42 heavy (non-hydrogen) atoms. The largest absolute Gasteiger partial charge is 0.481 e. The van der Waals surface area contributed by atoms with Crippen LogP contribution in [0.15, 0.2) is 21.9 Å². The number of phosphoric ester groups is 1. The quantitative estimate of drug-likeness (QED) is 0.115. The predicted molar refractivity (Wildman–Crippen MR) is 131 cm³/mol. The van der Waals surface area contributed by atoms with E-state index in [1.165, 1.54) is 0 Å². The lowest BCUT2D eigenvalue weighted by molar-refractivity contribution is -0.248. The van der Waals surface area contributed by atoms with Gasteiger partial charge in [0.15, 0.2) is 12.5 Å². The van der Waals surface area contributed by atoms with Crippen LogP contribution in [-0.4, -0.2) is 135 Å². The summed E-state index contributed by atoms with van der Waals surface area (Å²) >= 11 is 0. The molecule has 0 bridgehead atoms. The second-order valence-corrected chi connectivity index (χ2v) is 11.1. The molecule has 244 valence electrons. The van der Waals surface area contributed by atoms with Gasteiger partial charge in [-0.2, -0.15) is 4.31 Å². The molecular weight excluding hydrogens is 626 g/mol. The van der Waals surface area contributed by atoms with Gasteiger partial charge in [0.1, 0.15) is 36.6 Å². The number of rotatable bonds is 8. The van der Waals surface area contributed by atoms with Crippen LogP contribution in [-0.2, 0) is 32.2 Å². The first-order valence-corrected chi connectivity index (χ1v) is 14.3. The molecule has 0 radical (unpaired) electrons. The maximum atomic E-state index is 11.7. The number of carboxylic acids is 1. The van der Waals surface area contributed by atoms with Crippen LogP contribution in [0, 0.1) is 0 Å². The fourth-order valence-electron chi connectivity index (χ4n) is 3.17. The zero-order valence-electron chi connectivity index (χ0n) is 21.1. The number of nitrogens with zero attached hydrogens (tertiary/aromatic N) is 1. The van der Waals surface area contributed by atoms with E-state index in [2.05, 4.69) is 14.6 Å². The number of aromatic amines is 1. The Bertz CT molecular complexity index is 1220. The van der Waals surface area contributed by atoms with Crippen molar-refractivity contribution in [1.82, 2.24) is 9.55 Å². The van der Waals surface area contributed by atoms with Crippen molar-refractivity contribution in [1.29, 1.82) is 0 Å². The Morgan fingerprint density at radius 1 is 1.00 bits per heavy atom. The first kappa shape index (κ1) is 38.0. The second kappa shape index (κ2) is 16.2. The SMILES string of the molecule is NCC(=O)O.N[C@H]1C(O)O[C@H](CO)[C@@H](O)[C@@H]1O.O=c1ccn([C@@H]2O[C@H](COP(=O)(O)OP(=O)(O)O)[C@@H](O)[C@H]2O)c(=O)[nH]1. The van der Waals surface area contributed by atoms with E-state index in [0.29, 0.717) is 0 Å². The highest BCUT2D eigenvalue weighted by atomic mass is 31.3. The van der Waals surface area contributed by atoms with Gasteiger partial charge < -0.3 is 71.4 Å². The van der Waals surface area contributed by atoms with Crippen molar-refractivity contribution in [3.05, 3.63) is 33.1 Å². The van der Waals surface area contributed by atoms with E-state index in [-0.39, 0.29) is 6.54 Å². The lowest BCUT2D eigenvalue weighted by Gasteiger charge is -2.38. The Labute approximate surface area is 233 Å². The number of aliphatic hydroxyl groups excluding tert-OH is 6. The Morgan fingerprint density at radius 2 is 1.55 bits per heavy atom. The first-order valence-electron chi connectivity index (χ1n) is 11.3. The highest BCUT2D eigenvalue weighted by molar-refractivity contribution is 7.60. The molecule has 0 aromatic carbocycles. The highest BCUT2D eigenvalue weighted by Gasteiger charge is 2.46. The molecule has 1 aromatic heterocycles. The average Bonchev–Trinajstić information content (AvgIpc) is 3.16. The number of nitrogens with two attached hydrogens (primary N) is 2. The monoisotopic (exact) mass is 658 g/mol. The standard InChI is InChI=1S/C9H14N2O12P2.C6H13NO5.C2H5NO2/c12-5-1-2-11(9(15)10-5)8-7(14)6(13)4(22-8)3-21-25(19,20)23-24(16,17)18;7-3-5(10)4(9)2(1-8)12-6(3)11;3-1-2(4)5/h1-2,4,6-8,13-14H,3H2,(H,19,20)(H,10,12,15)(H2,16,17,18);2-6,8-11H,1,7H2;1,3H2,(H,4,5)/t4-,6-,7-,8-;2-,3-,4-,5-,6?;/m11./s1. The number of phosphoric acid groups is 2. The van der Waals surface area contributed by atoms with Crippen molar-refractivity contribution in [2.75, 3.05) is 19.8 Å². The topological polar surface area (TPSA) is 397 Å². The molecule has 2 aliphatic heterocycles. The molecule has 2 fully saturated rings. The molecule has 0 aliphatic carbocycles. The smallest absolute Gasteiger partial charge is 0.480 e. The van der Waals surface area contributed by atoms with Crippen LogP contribution in [0.1, 0.15) is 6.23 Å². The van der Waals surface area contributed by atoms with Gasteiger partial charge in [-0.1, -0.05) is 0 Å². The second-order valence-electron chi connectivity index (χ2n) is 8.30. The number of carboxylic acid groups (broad SMARTS) is 1. The number of carbonyl (C=O) groups is 1. The van der Waals surface area contributed by atoms with Crippen molar-refractivity contribution >= 4 is 21.6 Å². The fraction of sp³-hybridized carbons (Fsp3) is 0.706. The van der Waals surface area contributed by atoms with Gasteiger partial charge in [-0.05, 0) is 0 Å². The van der Waals surface area contributed by atoms with Crippen molar-refractivity contribution in [2.45, 2.75) is 55.2 Å². The maximum Gasteiger partial charge on any atom is 0.481 e. The minimum atomic E-state index is -5.32. The third kappa shape index (κ3) is 11.6. The lowest BCUT2D eigenvalue weighted by Crippen LogP contribution is -2.61. The number of hydrogen-bond donors (Lipinski definition) is 13. The Kier molecular flexibility index (Phi) is 14.7. The Hall–Kier alpha value is -1.99. The van der Waals surface area contributed by atoms with Crippen LogP contribution in [0.25, 0.3) is 0 Å². The number of H-pyrrole nitrogens is 1. The van der Waals surface area contributed by atoms with E-state index in [1.807, 2.05) is 4.98 Å². The van der Waals surface area contributed by atoms with Crippen molar-refractivity contribution in [3.8, 4) is 0 Å². The van der Waals surface area contributed by atoms with Crippen molar-refractivity contribution in [3.63, 3.8) is 0 Å². The van der Waals surface area contributed by atoms with Gasteiger partial charge in [0.2, 0.25) is 0 Å². The zero-order chi connectivity index (χ0) is 32.6. The average molecular weight is 658 g/mol. The summed E-state index contributed by atoms with van der Waals surface area (Å²) in [5.74, 6) is -0.968. The van der Waals surface area contributed by atoms with E-state index >= 15 is 0 Å². The fourth-order valence-corrected chi connectivity index (χ4v) is 4.77. The molecule has 25 heteroatoms. The lowest BCUT2D eigenvalue weighted by atomic mass is 9.98. The van der Waals surface area contributed by atoms with E-state index < -0.39 is 101 Å². The summed E-state index contributed by atoms with van der Waals surface area (Å²) in [5.41, 5.74) is 8.19. The van der Waals surface area contributed by atoms with Crippen LogP contribution in [0.2, 0.25) is 0 Å². The normalized spacial score (nSPS) is 32.5. The predicted octanol–water partition coefficient (Wildman–Crippen LogP) is -6.84. The number of nitrogens with one attached hydrogen (secondary N) is 1. The van der Waals surface area contributed by atoms with Crippen LogP contribution in [0.4, 0.5) is 0 Å². The van der Waals surface area contributed by atoms with Crippen LogP contribution >= 0.6 is 15.6 Å². The van der Waals surface area contributed by atoms with Gasteiger partial charge in [-0.25, -0.2) is 13.9 Å². The summed E-state index contributed by atoms with van der Waals surface area (Å²) in [4.78, 5) is 59.9. The number of aromatic nitrogens is 2. The van der Waals surface area contributed by atoms with Gasteiger partial charge in [0.25, 0.3) is 5.56 Å². The first-order chi connectivity index (χ1) is 19.2. The van der Waals surface area contributed by atoms with E-state index in [1.54, 1.807) is 0 Å². The molecule has 2 saturated heterocycles. The molecule has 0 amide bonds. The van der Waals surface area contributed by atoms with Crippen LogP contribution in [0.5, 0.6) is 0 Å². The molecule has 3 rings (SSSR count). The van der Waals surface area contributed by atoms with E-state index in [4.69, 9.17) is 45.2 Å². The Morgan fingerprint density at radius 3 is 2.02 bits per heavy atom. The zero-order valence-corrected chi connectivity index (χ0v) is 22.9. The van der Waals surface area contributed by atoms with Gasteiger partial charge >= 0.3 is 27.3 Å². The van der Waals surface area contributed by atoms with Crippen LogP contribution in [0.3, 0.4) is 0 Å². The molecule has 2 unspecified atom stereocenters. The summed E-state index contributed by atoms with van der Waals surface area (Å²) in [5, 5.41) is 63.4. The molecule has 3 heterocycles. The molecule has 15 N–H and O–H groups in total. The molecule has 0 spiro atoms. The summed E-state index contributed by atoms with van der Waals surface area (Å²) in [6.07, 6.45) is -10.1. The summed E-state index contributed by atoms with van der Waals surface area (Å²) in [6, 6.07) is -0.0773. The van der Waals surface area contributed by atoms with Crippen molar-refractivity contribution in [2.24, 2.45) is 11.5 Å². The van der Waals surface area contributed by atoms with Gasteiger partial charge in [-0.15, -0.1) is 0 Å². The number of hydrogen-bond acceptors (Lipinski definition) is 17. The van der Waals surface area contributed by atoms with Crippen molar-refractivity contribution < 1.29 is 82.7 Å². The molecule has 0 saturated carbocycles. The summed E-state index contributed by atoms with van der Waals surface area (Å²) in [6.45, 7) is -1.65. The minimum Gasteiger partial charge on any atom is -0.480 e. The summed E-state index contributed by atoms with van der Waals surface area (Å²) < 4.78 is 40.3. The van der Waals surface area contributed by atoms with Crippen LogP contribution < -0.4 is 22.7 Å². The van der Waals surface area contributed by atoms with E-state index in [0.717, 1.165) is 16.8 Å². The molecule has 23 nitrogen and oxygen atoms in total. The third-order valence-electron chi connectivity index (χ3n) is 5.20. The highest BCUT2D eigenvalue weighted by Crippen LogP contribution is 2.57. The van der Waals surface area contributed by atoms with Gasteiger partial charge in [0.05, 0.1) is 25.8 Å².